The number of carbonyl (C=O) groups is 1. The Hall–Kier alpha value is -1.40. The van der Waals surface area contributed by atoms with Gasteiger partial charge in [0.25, 0.3) is 0 Å². The van der Waals surface area contributed by atoms with Gasteiger partial charge in [-0.1, -0.05) is 25.4 Å². The van der Waals surface area contributed by atoms with E-state index in [-0.39, 0.29) is 11.9 Å². The molecule has 1 amide bonds. The Balaban J connectivity index is 2.01. The van der Waals surface area contributed by atoms with E-state index in [1.807, 2.05) is 12.3 Å². The average Bonchev–Trinajstić information content (AvgIpc) is 3.06. The maximum Gasteiger partial charge on any atom is 0.247 e. The molecule has 2 rings (SSSR count). The van der Waals surface area contributed by atoms with E-state index in [0.717, 1.165) is 10.7 Å². The highest BCUT2D eigenvalue weighted by molar-refractivity contribution is 7.09. The lowest BCUT2D eigenvalue weighted by atomic mass is 10.2. The number of nitrogens with zero attached hydrogens (tertiary/aromatic N) is 4. The van der Waals surface area contributed by atoms with Crippen molar-refractivity contribution in [1.82, 2.24) is 19.7 Å². The average molecular weight is 327 g/mol. The first kappa shape index (κ1) is 16.0. The molecule has 5 nitrogen and oxygen atoms in total. The molecule has 2 aromatic rings. The maximum atomic E-state index is 12.4. The fraction of sp³-hybridized carbons (Fsp3) is 0.500. The summed E-state index contributed by atoms with van der Waals surface area (Å²) in [6.07, 6.45) is 3.18. The van der Waals surface area contributed by atoms with Crippen LogP contribution >= 0.6 is 22.9 Å². The van der Waals surface area contributed by atoms with E-state index in [9.17, 15) is 4.79 Å². The lowest BCUT2D eigenvalue weighted by Gasteiger charge is -2.20. The van der Waals surface area contributed by atoms with Gasteiger partial charge in [-0.2, -0.15) is 5.10 Å². The smallest absolute Gasteiger partial charge is 0.247 e. The molecule has 0 aliphatic heterocycles. The fourth-order valence-electron chi connectivity index (χ4n) is 1.94. The number of hydrogen-bond donors (Lipinski definition) is 0. The number of aromatic nitrogens is 3. The molecular weight excluding hydrogens is 308 g/mol. The highest BCUT2D eigenvalue weighted by atomic mass is 35.5. The summed E-state index contributed by atoms with van der Waals surface area (Å²) in [7, 11) is 1.78. The van der Waals surface area contributed by atoms with Crippen LogP contribution in [0.15, 0.2) is 17.8 Å². The van der Waals surface area contributed by atoms with Gasteiger partial charge in [-0.15, -0.1) is 11.3 Å². The number of thiazole rings is 1. The lowest BCUT2D eigenvalue weighted by Crippen LogP contribution is -2.33. The van der Waals surface area contributed by atoms with Gasteiger partial charge < -0.3 is 4.90 Å². The Labute approximate surface area is 133 Å². The summed E-state index contributed by atoms with van der Waals surface area (Å²) >= 11 is 7.47. The molecule has 0 fully saturated rings. The predicted molar refractivity (Wildman–Crippen MR) is 84.6 cm³/mol. The summed E-state index contributed by atoms with van der Waals surface area (Å²) in [6, 6.07) is -0.384. The van der Waals surface area contributed by atoms with Gasteiger partial charge in [-0.3, -0.25) is 9.48 Å². The minimum absolute atomic E-state index is 0.0196. The van der Waals surface area contributed by atoms with Crippen molar-refractivity contribution in [3.63, 3.8) is 0 Å². The third kappa shape index (κ3) is 3.83. The number of carbonyl (C=O) groups excluding carboxylic acids is 1. The van der Waals surface area contributed by atoms with Gasteiger partial charge in [0.15, 0.2) is 0 Å². The van der Waals surface area contributed by atoms with Crippen molar-refractivity contribution in [2.24, 2.45) is 0 Å². The topological polar surface area (TPSA) is 51.0 Å². The largest absolute Gasteiger partial charge is 0.338 e. The third-order valence-corrected chi connectivity index (χ3v) is 4.55. The number of hydrogen-bond acceptors (Lipinski definition) is 4. The monoisotopic (exact) mass is 326 g/mol. The van der Waals surface area contributed by atoms with Crippen molar-refractivity contribution in [3.8, 4) is 0 Å². The minimum Gasteiger partial charge on any atom is -0.338 e. The molecule has 1 atom stereocenters. The summed E-state index contributed by atoms with van der Waals surface area (Å²) in [5.41, 5.74) is 0.922. The maximum absolute atomic E-state index is 12.4. The molecule has 0 aliphatic carbocycles. The molecule has 2 heterocycles. The molecule has 0 saturated heterocycles. The predicted octanol–water partition coefficient (Wildman–Crippen LogP) is 3.34. The molecule has 0 N–H and O–H groups in total. The first-order valence-electron chi connectivity index (χ1n) is 6.77. The number of rotatable bonds is 5. The van der Waals surface area contributed by atoms with Gasteiger partial charge in [0.05, 0.1) is 28.5 Å². The van der Waals surface area contributed by atoms with Gasteiger partial charge in [0.1, 0.15) is 6.04 Å². The lowest BCUT2D eigenvalue weighted by molar-refractivity contribution is -0.133. The molecule has 21 heavy (non-hydrogen) atoms. The molecule has 0 aromatic carbocycles. The number of likely N-dealkylation sites (N-methyl/N-ethyl adjacent to an activating group) is 1. The van der Waals surface area contributed by atoms with Crippen LogP contribution in [0.3, 0.4) is 0 Å². The Morgan fingerprint density at radius 2 is 2.19 bits per heavy atom. The van der Waals surface area contributed by atoms with Crippen molar-refractivity contribution in [3.05, 3.63) is 33.5 Å². The van der Waals surface area contributed by atoms with Crippen molar-refractivity contribution in [1.29, 1.82) is 0 Å². The molecule has 2 aromatic heterocycles. The zero-order chi connectivity index (χ0) is 15.6. The van der Waals surface area contributed by atoms with Crippen LogP contribution in [-0.4, -0.2) is 32.6 Å². The Morgan fingerprint density at radius 1 is 1.48 bits per heavy atom. The van der Waals surface area contributed by atoms with Gasteiger partial charge >= 0.3 is 0 Å². The highest BCUT2D eigenvalue weighted by Gasteiger charge is 2.21. The van der Waals surface area contributed by atoms with Crippen molar-refractivity contribution in [2.75, 3.05) is 7.05 Å². The van der Waals surface area contributed by atoms with Gasteiger partial charge in [0, 0.05) is 24.5 Å². The van der Waals surface area contributed by atoms with Crippen LogP contribution in [0.2, 0.25) is 5.02 Å². The third-order valence-electron chi connectivity index (χ3n) is 3.16. The fourth-order valence-corrected chi connectivity index (χ4v) is 2.91. The Bertz CT molecular complexity index is 622. The quantitative estimate of drug-likeness (QED) is 0.846. The van der Waals surface area contributed by atoms with Gasteiger partial charge in [-0.25, -0.2) is 4.98 Å². The van der Waals surface area contributed by atoms with Crippen LogP contribution < -0.4 is 0 Å². The number of halogens is 1. The van der Waals surface area contributed by atoms with Crippen molar-refractivity contribution >= 4 is 28.8 Å². The molecular formula is C14H19ClN4OS. The van der Waals surface area contributed by atoms with Crippen LogP contribution in [-0.2, 0) is 11.3 Å². The molecule has 0 saturated carbocycles. The van der Waals surface area contributed by atoms with E-state index in [1.165, 1.54) is 6.20 Å². The molecule has 1 unspecified atom stereocenters. The van der Waals surface area contributed by atoms with Crippen LogP contribution in [0.4, 0.5) is 0 Å². The van der Waals surface area contributed by atoms with Gasteiger partial charge in [-0.05, 0) is 6.92 Å². The van der Waals surface area contributed by atoms with Gasteiger partial charge in [0.2, 0.25) is 5.91 Å². The summed E-state index contributed by atoms with van der Waals surface area (Å²) in [5, 5.41) is 7.71. The van der Waals surface area contributed by atoms with E-state index in [4.69, 9.17) is 11.6 Å². The molecule has 0 bridgehead atoms. The first-order valence-corrected chi connectivity index (χ1v) is 8.03. The Morgan fingerprint density at radius 3 is 2.71 bits per heavy atom. The second kappa shape index (κ2) is 6.58. The summed E-state index contributed by atoms with van der Waals surface area (Å²) < 4.78 is 1.57. The van der Waals surface area contributed by atoms with Crippen LogP contribution in [0.5, 0.6) is 0 Å². The van der Waals surface area contributed by atoms with Crippen molar-refractivity contribution < 1.29 is 4.79 Å². The highest BCUT2D eigenvalue weighted by Crippen LogP contribution is 2.20. The van der Waals surface area contributed by atoms with E-state index >= 15 is 0 Å². The van der Waals surface area contributed by atoms with Crippen molar-refractivity contribution in [2.45, 2.75) is 39.3 Å². The standard InChI is InChI=1S/C14H19ClN4OS/c1-9(2)13-17-12(8-21-13)7-18(4)14(20)10(3)19-6-11(15)5-16-19/h5-6,8-10H,7H2,1-4H3. The second-order valence-electron chi connectivity index (χ2n) is 5.34. The molecule has 0 aliphatic rings. The second-order valence-corrected chi connectivity index (χ2v) is 6.67. The summed E-state index contributed by atoms with van der Waals surface area (Å²) in [6.45, 7) is 6.53. The number of amides is 1. The van der Waals surface area contributed by atoms with Crippen LogP contribution in [0.25, 0.3) is 0 Å². The normalized spacial score (nSPS) is 12.7. The molecule has 0 spiro atoms. The Kier molecular flexibility index (Phi) is 5.00. The molecule has 0 radical (unpaired) electrons. The van der Waals surface area contributed by atoms with Crippen LogP contribution in [0.1, 0.15) is 43.4 Å². The minimum atomic E-state index is -0.384. The van der Waals surface area contributed by atoms with E-state index < -0.39 is 0 Å². The zero-order valence-corrected chi connectivity index (χ0v) is 14.1. The van der Waals surface area contributed by atoms with E-state index in [1.54, 1.807) is 34.2 Å². The van der Waals surface area contributed by atoms with E-state index in [0.29, 0.717) is 17.5 Å². The first-order chi connectivity index (χ1) is 9.88. The zero-order valence-electron chi connectivity index (χ0n) is 12.6. The summed E-state index contributed by atoms with van der Waals surface area (Å²) in [5.74, 6) is 0.392. The SMILES string of the molecule is CC(C)c1nc(CN(C)C(=O)C(C)n2cc(Cl)cn2)cs1. The summed E-state index contributed by atoms with van der Waals surface area (Å²) in [4.78, 5) is 18.6. The molecule has 114 valence electrons. The van der Waals surface area contributed by atoms with Crippen LogP contribution in [0, 0.1) is 0 Å². The van der Waals surface area contributed by atoms with E-state index in [2.05, 4.69) is 23.9 Å². The molecule has 7 heteroatoms.